The first-order chi connectivity index (χ1) is 7.11. The number of hydrogen-bond acceptors (Lipinski definition) is 3. The lowest BCUT2D eigenvalue weighted by Gasteiger charge is -2.08. The minimum Gasteiger partial charge on any atom is -0.323 e. The number of fused-ring (bicyclic) bond motifs is 1. The van der Waals surface area contributed by atoms with Crippen molar-refractivity contribution in [2.24, 2.45) is 5.73 Å². The third kappa shape index (κ3) is 1.68. The van der Waals surface area contributed by atoms with Gasteiger partial charge in [-0.3, -0.25) is 9.20 Å². The Bertz CT molecular complexity index is 562. The van der Waals surface area contributed by atoms with Crippen LogP contribution in [0, 0.1) is 0 Å². The summed E-state index contributed by atoms with van der Waals surface area (Å²) >= 11 is 3.23. The highest BCUT2D eigenvalue weighted by Crippen LogP contribution is 2.16. The first kappa shape index (κ1) is 10.3. The molecule has 0 aliphatic rings. The van der Waals surface area contributed by atoms with E-state index in [9.17, 15) is 4.79 Å². The van der Waals surface area contributed by atoms with Gasteiger partial charge in [-0.2, -0.15) is 0 Å². The zero-order valence-electron chi connectivity index (χ0n) is 8.14. The lowest BCUT2D eigenvalue weighted by Crippen LogP contribution is -2.21. The predicted molar refractivity (Wildman–Crippen MR) is 61.8 cm³/mol. The Hall–Kier alpha value is -1.20. The number of aromatic nitrogens is 2. The van der Waals surface area contributed by atoms with Crippen LogP contribution in [0.2, 0.25) is 0 Å². The molecule has 2 rings (SSSR count). The molecule has 0 bridgehead atoms. The van der Waals surface area contributed by atoms with Crippen molar-refractivity contribution in [3.8, 4) is 0 Å². The van der Waals surface area contributed by atoms with Gasteiger partial charge in [-0.05, 0) is 35.0 Å². The van der Waals surface area contributed by atoms with E-state index in [4.69, 9.17) is 5.73 Å². The molecule has 0 radical (unpaired) electrons. The Morgan fingerprint density at radius 2 is 2.27 bits per heavy atom. The van der Waals surface area contributed by atoms with Gasteiger partial charge >= 0.3 is 0 Å². The molecular weight excluding hydrogens is 258 g/mol. The average molecular weight is 268 g/mol. The molecule has 0 amide bonds. The molecule has 1 unspecified atom stereocenters. The molecule has 0 saturated heterocycles. The Kier molecular flexibility index (Phi) is 2.58. The Labute approximate surface area is 94.9 Å². The van der Waals surface area contributed by atoms with Crippen LogP contribution < -0.4 is 11.3 Å². The van der Waals surface area contributed by atoms with Gasteiger partial charge in [-0.15, -0.1) is 0 Å². The fourth-order valence-electron chi connectivity index (χ4n) is 1.39. The summed E-state index contributed by atoms with van der Waals surface area (Å²) in [7, 11) is 0. The topological polar surface area (TPSA) is 60.4 Å². The minimum atomic E-state index is -0.266. The number of halogens is 1. The van der Waals surface area contributed by atoms with Crippen LogP contribution in [-0.4, -0.2) is 9.38 Å². The molecule has 0 aliphatic heterocycles. The van der Waals surface area contributed by atoms with Crippen LogP contribution in [0.3, 0.4) is 0 Å². The van der Waals surface area contributed by atoms with Gasteiger partial charge in [0.15, 0.2) is 0 Å². The molecule has 2 N–H and O–H groups in total. The molecule has 0 saturated carbocycles. The van der Waals surface area contributed by atoms with E-state index in [1.165, 1.54) is 4.40 Å². The zero-order chi connectivity index (χ0) is 11.0. The molecule has 1 atom stereocenters. The van der Waals surface area contributed by atoms with Crippen molar-refractivity contribution in [1.82, 2.24) is 9.38 Å². The summed E-state index contributed by atoms with van der Waals surface area (Å²) in [5, 5.41) is 0. The zero-order valence-corrected chi connectivity index (χ0v) is 9.73. The van der Waals surface area contributed by atoms with E-state index >= 15 is 0 Å². The van der Waals surface area contributed by atoms with Crippen LogP contribution in [0.25, 0.3) is 5.65 Å². The summed E-state index contributed by atoms with van der Waals surface area (Å²) in [5.74, 6) is 0. The third-order valence-corrected chi connectivity index (χ3v) is 2.88. The fourth-order valence-corrected chi connectivity index (χ4v) is 2.03. The summed E-state index contributed by atoms with van der Waals surface area (Å²) in [6, 6.07) is 5.13. The predicted octanol–water partition coefficient (Wildman–Crippen LogP) is 1.48. The van der Waals surface area contributed by atoms with Crippen LogP contribution in [0.5, 0.6) is 0 Å². The van der Waals surface area contributed by atoms with E-state index < -0.39 is 0 Å². The van der Waals surface area contributed by atoms with Gasteiger partial charge < -0.3 is 5.73 Å². The number of hydrogen-bond donors (Lipinski definition) is 1. The van der Waals surface area contributed by atoms with Crippen molar-refractivity contribution in [3.63, 3.8) is 0 Å². The normalized spacial score (nSPS) is 13.0. The first-order valence-corrected chi connectivity index (χ1v) is 5.33. The Morgan fingerprint density at radius 3 is 2.93 bits per heavy atom. The van der Waals surface area contributed by atoms with Crippen LogP contribution in [-0.2, 0) is 0 Å². The molecule has 2 aromatic heterocycles. The number of nitrogens with zero attached hydrogens (tertiary/aromatic N) is 2. The number of nitrogens with two attached hydrogens (primary N) is 1. The van der Waals surface area contributed by atoms with E-state index in [-0.39, 0.29) is 11.6 Å². The highest BCUT2D eigenvalue weighted by molar-refractivity contribution is 9.10. The highest BCUT2D eigenvalue weighted by atomic mass is 79.9. The molecule has 4 nitrogen and oxygen atoms in total. The summed E-state index contributed by atoms with van der Waals surface area (Å²) in [5.41, 5.74) is 6.80. The SMILES string of the molecule is CC(N)c1nc2ccccn2c(=O)c1Br. The molecule has 0 fully saturated rings. The maximum atomic E-state index is 11.9. The standard InChI is InChI=1S/C10H10BrN3O/c1-6(12)9-8(11)10(15)14-5-3-2-4-7(14)13-9/h2-6H,12H2,1H3. The van der Waals surface area contributed by atoms with Gasteiger partial charge in [0.1, 0.15) is 10.1 Å². The molecule has 0 aromatic carbocycles. The highest BCUT2D eigenvalue weighted by Gasteiger charge is 2.12. The molecule has 0 aliphatic carbocycles. The number of rotatable bonds is 1. The van der Waals surface area contributed by atoms with Gasteiger partial charge in [-0.1, -0.05) is 6.07 Å². The van der Waals surface area contributed by atoms with Crippen molar-refractivity contribution in [1.29, 1.82) is 0 Å². The molecule has 15 heavy (non-hydrogen) atoms. The summed E-state index contributed by atoms with van der Waals surface area (Å²) in [4.78, 5) is 16.2. The second-order valence-electron chi connectivity index (χ2n) is 3.33. The van der Waals surface area contributed by atoms with Gasteiger partial charge in [0.05, 0.1) is 5.69 Å². The smallest absolute Gasteiger partial charge is 0.272 e. The largest absolute Gasteiger partial charge is 0.323 e. The monoisotopic (exact) mass is 267 g/mol. The van der Waals surface area contributed by atoms with Crippen LogP contribution >= 0.6 is 15.9 Å². The second-order valence-corrected chi connectivity index (χ2v) is 4.13. The average Bonchev–Trinajstić information content (AvgIpc) is 2.23. The van der Waals surface area contributed by atoms with E-state index in [1.54, 1.807) is 25.3 Å². The molecule has 2 heterocycles. The molecule has 0 spiro atoms. The molecule has 78 valence electrons. The van der Waals surface area contributed by atoms with Gasteiger partial charge in [0.2, 0.25) is 0 Å². The maximum absolute atomic E-state index is 11.9. The number of pyridine rings is 1. The fraction of sp³-hybridized carbons (Fsp3) is 0.200. The first-order valence-electron chi connectivity index (χ1n) is 4.53. The van der Waals surface area contributed by atoms with E-state index in [0.29, 0.717) is 15.8 Å². The molecule has 5 heteroatoms. The summed E-state index contributed by atoms with van der Waals surface area (Å²) < 4.78 is 1.91. The Morgan fingerprint density at radius 1 is 1.53 bits per heavy atom. The minimum absolute atomic E-state index is 0.132. The molecule has 2 aromatic rings. The van der Waals surface area contributed by atoms with Crippen molar-refractivity contribution >= 4 is 21.6 Å². The van der Waals surface area contributed by atoms with E-state index in [0.717, 1.165) is 0 Å². The van der Waals surface area contributed by atoms with Crippen molar-refractivity contribution in [2.45, 2.75) is 13.0 Å². The van der Waals surface area contributed by atoms with Crippen molar-refractivity contribution < 1.29 is 0 Å². The van der Waals surface area contributed by atoms with Crippen molar-refractivity contribution in [2.75, 3.05) is 0 Å². The summed E-state index contributed by atoms with van der Waals surface area (Å²) in [6.07, 6.45) is 1.68. The van der Waals surface area contributed by atoms with E-state index in [1.807, 2.05) is 6.07 Å². The van der Waals surface area contributed by atoms with Crippen LogP contribution in [0.15, 0.2) is 33.7 Å². The molecular formula is C10H10BrN3O. The van der Waals surface area contributed by atoms with Crippen molar-refractivity contribution in [3.05, 3.63) is 44.9 Å². The third-order valence-electron chi connectivity index (χ3n) is 2.14. The van der Waals surface area contributed by atoms with Gasteiger partial charge in [0.25, 0.3) is 5.56 Å². The van der Waals surface area contributed by atoms with Crippen LogP contribution in [0.4, 0.5) is 0 Å². The maximum Gasteiger partial charge on any atom is 0.272 e. The quantitative estimate of drug-likeness (QED) is 0.852. The summed E-state index contributed by atoms with van der Waals surface area (Å²) in [6.45, 7) is 1.80. The van der Waals surface area contributed by atoms with E-state index in [2.05, 4.69) is 20.9 Å². The lowest BCUT2D eigenvalue weighted by molar-refractivity contribution is 0.766. The second kappa shape index (κ2) is 3.75. The lowest BCUT2D eigenvalue weighted by atomic mass is 10.2. The Balaban J connectivity index is 2.89. The van der Waals surface area contributed by atoms with Crippen LogP contribution in [0.1, 0.15) is 18.7 Å². The van der Waals surface area contributed by atoms with Gasteiger partial charge in [0, 0.05) is 12.2 Å². The van der Waals surface area contributed by atoms with Gasteiger partial charge in [-0.25, -0.2) is 4.98 Å².